The Hall–Kier alpha value is -0.810. The fourth-order valence-corrected chi connectivity index (χ4v) is 8.17. The zero-order valence-corrected chi connectivity index (χ0v) is 18.3. The van der Waals surface area contributed by atoms with Crippen LogP contribution < -0.4 is 5.32 Å². The van der Waals surface area contributed by atoms with Crippen molar-refractivity contribution >= 4 is 54.8 Å². The van der Waals surface area contributed by atoms with Gasteiger partial charge in [-0.25, -0.2) is 16.8 Å². The van der Waals surface area contributed by atoms with Crippen LogP contribution in [0.25, 0.3) is 0 Å². The van der Waals surface area contributed by atoms with E-state index in [0.717, 1.165) is 0 Å². The zero-order chi connectivity index (χ0) is 20.2. The van der Waals surface area contributed by atoms with Gasteiger partial charge in [-0.2, -0.15) is 4.31 Å². The number of sulfonamides is 1. The molecule has 0 bridgehead atoms. The van der Waals surface area contributed by atoms with Crippen molar-refractivity contribution < 1.29 is 21.6 Å². The Bertz CT molecular complexity index is 899. The number of rotatable bonds is 8. The van der Waals surface area contributed by atoms with E-state index in [1.54, 1.807) is 13.8 Å². The molecule has 1 atom stereocenters. The van der Waals surface area contributed by atoms with E-state index in [2.05, 4.69) is 5.32 Å². The second-order valence-electron chi connectivity index (χ2n) is 6.12. The number of sulfone groups is 1. The third-order valence-electron chi connectivity index (χ3n) is 4.18. The van der Waals surface area contributed by atoms with Gasteiger partial charge in [0.2, 0.25) is 15.9 Å². The average molecular weight is 455 g/mol. The van der Waals surface area contributed by atoms with Crippen molar-refractivity contribution in [2.24, 2.45) is 0 Å². The normalized spacial score (nSPS) is 19.3. The summed E-state index contributed by atoms with van der Waals surface area (Å²) in [6.45, 7) is 4.10. The molecule has 1 aliphatic heterocycles. The number of carbonyl (C=O) groups excluding carboxylic acids is 1. The fraction of sp³-hybridized carbons (Fsp3) is 0.562. The summed E-state index contributed by atoms with van der Waals surface area (Å²) in [5, 5.41) is 2.66. The van der Waals surface area contributed by atoms with E-state index < -0.39 is 19.9 Å². The fourth-order valence-electron chi connectivity index (χ4n) is 2.76. The first-order chi connectivity index (χ1) is 12.6. The minimum absolute atomic E-state index is 0.0554. The van der Waals surface area contributed by atoms with Gasteiger partial charge >= 0.3 is 0 Å². The largest absolute Gasteiger partial charge is 0.325 e. The lowest BCUT2D eigenvalue weighted by Gasteiger charge is -2.19. The Kier molecular flexibility index (Phi) is 7.60. The van der Waals surface area contributed by atoms with E-state index in [1.807, 2.05) is 0 Å². The van der Waals surface area contributed by atoms with Crippen molar-refractivity contribution in [2.75, 3.05) is 35.7 Å². The van der Waals surface area contributed by atoms with E-state index in [1.165, 1.54) is 34.3 Å². The number of hydrogen-bond acceptors (Lipinski definition) is 6. The minimum Gasteiger partial charge on any atom is -0.325 e. The second-order valence-corrected chi connectivity index (χ2v) is 11.9. The molecule has 27 heavy (non-hydrogen) atoms. The Labute approximate surface area is 169 Å². The third-order valence-corrected chi connectivity index (χ3v) is 9.99. The first-order valence-corrected chi connectivity index (χ1v) is 13.2. The van der Waals surface area contributed by atoms with Gasteiger partial charge < -0.3 is 5.32 Å². The highest BCUT2D eigenvalue weighted by Crippen LogP contribution is 2.28. The molecule has 11 heteroatoms. The maximum atomic E-state index is 12.7. The van der Waals surface area contributed by atoms with Crippen LogP contribution in [0.4, 0.5) is 5.69 Å². The minimum atomic E-state index is -3.75. The molecular formula is C16H23ClN2O5S3. The first-order valence-electron chi connectivity index (χ1n) is 8.50. The van der Waals surface area contributed by atoms with E-state index in [4.69, 9.17) is 11.6 Å². The quantitative estimate of drug-likeness (QED) is 0.646. The molecule has 1 fully saturated rings. The van der Waals surface area contributed by atoms with E-state index in [-0.39, 0.29) is 38.3 Å². The standard InChI is InChI=1S/C16H23ClN2O5S3/c1-3-19(4-2)27(23,24)15-9-12(5-6-14(15)17)18-16(20)10-25-13-7-8-26(21,22)11-13/h5-6,9,13H,3-4,7-8,10-11H2,1-2H3,(H,18,20). The molecule has 2 rings (SSSR count). The zero-order valence-electron chi connectivity index (χ0n) is 15.1. The van der Waals surface area contributed by atoms with E-state index in [0.29, 0.717) is 25.2 Å². The summed E-state index contributed by atoms with van der Waals surface area (Å²) in [4.78, 5) is 12.1. The molecule has 1 N–H and O–H groups in total. The smallest absolute Gasteiger partial charge is 0.244 e. The molecule has 1 aromatic rings. The van der Waals surface area contributed by atoms with Crippen molar-refractivity contribution in [1.82, 2.24) is 4.31 Å². The number of hydrogen-bond donors (Lipinski definition) is 1. The molecule has 152 valence electrons. The molecule has 1 saturated heterocycles. The van der Waals surface area contributed by atoms with Crippen LogP contribution in [0.5, 0.6) is 0 Å². The Balaban J connectivity index is 2.06. The number of nitrogens with zero attached hydrogens (tertiary/aromatic N) is 1. The Morgan fingerprint density at radius 3 is 2.56 bits per heavy atom. The highest BCUT2D eigenvalue weighted by atomic mass is 35.5. The number of amides is 1. The predicted octanol–water partition coefficient (Wildman–Crippen LogP) is 2.23. The molecule has 1 aliphatic rings. The Morgan fingerprint density at radius 1 is 1.33 bits per heavy atom. The summed E-state index contributed by atoms with van der Waals surface area (Å²) in [7, 11) is -6.73. The number of carbonyl (C=O) groups is 1. The van der Waals surface area contributed by atoms with E-state index >= 15 is 0 Å². The van der Waals surface area contributed by atoms with Gasteiger partial charge in [-0.15, -0.1) is 11.8 Å². The van der Waals surface area contributed by atoms with Gasteiger partial charge in [-0.3, -0.25) is 4.79 Å². The van der Waals surface area contributed by atoms with Gasteiger partial charge in [-0.1, -0.05) is 25.4 Å². The van der Waals surface area contributed by atoms with Crippen molar-refractivity contribution in [3.05, 3.63) is 23.2 Å². The third kappa shape index (κ3) is 5.83. The van der Waals surface area contributed by atoms with Gasteiger partial charge in [-0.05, 0) is 24.6 Å². The lowest BCUT2D eigenvalue weighted by Crippen LogP contribution is -2.31. The summed E-state index contributed by atoms with van der Waals surface area (Å²) >= 11 is 7.36. The van der Waals surface area contributed by atoms with Gasteiger partial charge in [0, 0.05) is 24.0 Å². The van der Waals surface area contributed by atoms with Gasteiger partial charge in [0.05, 0.1) is 22.3 Å². The second kappa shape index (κ2) is 9.13. The van der Waals surface area contributed by atoms with Gasteiger partial charge in [0.25, 0.3) is 0 Å². The first kappa shape index (κ1) is 22.5. The Morgan fingerprint density at radius 2 is 2.00 bits per heavy atom. The number of nitrogens with one attached hydrogen (secondary N) is 1. The highest BCUT2D eigenvalue weighted by molar-refractivity contribution is 8.02. The lowest BCUT2D eigenvalue weighted by molar-refractivity contribution is -0.113. The molecule has 0 radical (unpaired) electrons. The van der Waals surface area contributed by atoms with Crippen LogP contribution in [0.3, 0.4) is 0 Å². The van der Waals surface area contributed by atoms with Gasteiger partial charge in [0.1, 0.15) is 4.90 Å². The number of benzene rings is 1. The van der Waals surface area contributed by atoms with Crippen molar-refractivity contribution in [3.63, 3.8) is 0 Å². The summed E-state index contributed by atoms with van der Waals surface area (Å²) in [5.41, 5.74) is 0.328. The number of anilines is 1. The molecule has 0 spiro atoms. The summed E-state index contributed by atoms with van der Waals surface area (Å²) < 4.78 is 49.6. The predicted molar refractivity (Wildman–Crippen MR) is 110 cm³/mol. The SMILES string of the molecule is CCN(CC)S(=O)(=O)c1cc(NC(=O)CSC2CCS(=O)(=O)C2)ccc1Cl. The lowest BCUT2D eigenvalue weighted by atomic mass is 10.3. The molecule has 1 amide bonds. The van der Waals surface area contributed by atoms with Crippen molar-refractivity contribution in [2.45, 2.75) is 30.4 Å². The number of halogens is 1. The molecule has 0 saturated carbocycles. The van der Waals surface area contributed by atoms with Crippen LogP contribution in [0.1, 0.15) is 20.3 Å². The molecule has 1 heterocycles. The molecule has 1 aromatic carbocycles. The molecule has 7 nitrogen and oxygen atoms in total. The van der Waals surface area contributed by atoms with Crippen LogP contribution in [-0.2, 0) is 24.7 Å². The van der Waals surface area contributed by atoms with Crippen molar-refractivity contribution in [1.29, 1.82) is 0 Å². The molecule has 1 unspecified atom stereocenters. The number of thioether (sulfide) groups is 1. The van der Waals surface area contributed by atoms with Crippen LogP contribution in [0.2, 0.25) is 5.02 Å². The van der Waals surface area contributed by atoms with Crippen LogP contribution in [-0.4, -0.2) is 62.6 Å². The highest BCUT2D eigenvalue weighted by Gasteiger charge is 2.29. The average Bonchev–Trinajstić information content (AvgIpc) is 2.94. The van der Waals surface area contributed by atoms with E-state index in [9.17, 15) is 21.6 Å². The maximum absolute atomic E-state index is 12.7. The molecular weight excluding hydrogens is 432 g/mol. The topological polar surface area (TPSA) is 101 Å². The molecule has 0 aromatic heterocycles. The van der Waals surface area contributed by atoms with Crippen LogP contribution >= 0.6 is 23.4 Å². The summed E-state index contributed by atoms with van der Waals surface area (Å²) in [6.07, 6.45) is 0.549. The van der Waals surface area contributed by atoms with Crippen LogP contribution in [0.15, 0.2) is 23.1 Å². The van der Waals surface area contributed by atoms with Gasteiger partial charge in [0.15, 0.2) is 9.84 Å². The van der Waals surface area contributed by atoms with Crippen molar-refractivity contribution in [3.8, 4) is 0 Å². The summed E-state index contributed by atoms with van der Waals surface area (Å²) in [5.74, 6) is 0.0348. The van der Waals surface area contributed by atoms with Crippen LogP contribution in [0, 0.1) is 0 Å². The maximum Gasteiger partial charge on any atom is 0.244 e. The molecule has 0 aliphatic carbocycles. The summed E-state index contributed by atoms with van der Waals surface area (Å²) in [6, 6.07) is 4.31. The monoisotopic (exact) mass is 454 g/mol.